The molecule has 1 fully saturated rings. The average molecular weight is 744 g/mol. The summed E-state index contributed by atoms with van der Waals surface area (Å²) in [5.41, 5.74) is 7.10. The molecule has 3 unspecified atom stereocenters. The van der Waals surface area contributed by atoms with Crippen molar-refractivity contribution in [3.05, 3.63) is 97.3 Å². The molecule has 0 saturated carbocycles. The maximum absolute atomic E-state index is 14.0. The summed E-state index contributed by atoms with van der Waals surface area (Å²) in [5, 5.41) is 3.80. The van der Waals surface area contributed by atoms with Crippen LogP contribution in [0.5, 0.6) is 0 Å². The van der Waals surface area contributed by atoms with Crippen molar-refractivity contribution < 1.29 is 12.3 Å². The molecule has 7 nitrogen and oxygen atoms in total. The minimum atomic E-state index is -3.29. The number of hydrogen-bond donors (Lipinski definition) is 2. The number of imidazole rings is 1. The first-order chi connectivity index (χ1) is 21.4. The van der Waals surface area contributed by atoms with Gasteiger partial charge in [0, 0.05) is 0 Å². The number of halogens is 3. The Morgan fingerprint density at radius 2 is 2.00 bits per heavy atom. The fourth-order valence-corrected chi connectivity index (χ4v) is 16.5. The third kappa shape index (κ3) is 5.83. The van der Waals surface area contributed by atoms with E-state index in [0.29, 0.717) is 28.2 Å². The predicted molar refractivity (Wildman–Crippen MR) is 189 cm³/mol. The molecule has 1 aliphatic heterocycles. The van der Waals surface area contributed by atoms with E-state index in [9.17, 15) is 9.18 Å². The number of aryl methyl sites for hydroxylation is 2. The number of nitrogens with zero attached hydrogens (tertiary/aromatic N) is 3. The zero-order valence-electron chi connectivity index (χ0n) is 26.5. The number of amides is 1. The summed E-state index contributed by atoms with van der Waals surface area (Å²) >= 11 is 3.57. The second-order valence-corrected chi connectivity index (χ2v) is 25.9. The van der Waals surface area contributed by atoms with Crippen molar-refractivity contribution in [1.29, 1.82) is 0 Å². The number of benzene rings is 1. The van der Waals surface area contributed by atoms with Gasteiger partial charge in [0.15, 0.2) is 6.17 Å². The fourth-order valence-electron chi connectivity index (χ4n) is 6.15. The minimum absolute atomic E-state index is 0.107. The molecule has 4 heterocycles. The second-order valence-electron chi connectivity index (χ2n) is 12.3. The molecule has 3 atom stereocenters. The van der Waals surface area contributed by atoms with Crippen LogP contribution >= 0.6 is 29.1 Å². The van der Waals surface area contributed by atoms with E-state index in [1.54, 1.807) is 18.3 Å². The molecule has 2 aliphatic rings. The van der Waals surface area contributed by atoms with E-state index >= 15 is 0 Å². The molecule has 1 aromatic carbocycles. The van der Waals surface area contributed by atoms with Crippen molar-refractivity contribution in [3.8, 4) is 11.3 Å². The Labute approximate surface area is 270 Å². The number of hydrogen-bond acceptors (Lipinski definition) is 5. The summed E-state index contributed by atoms with van der Waals surface area (Å²) in [6.07, 6.45) is 9.87. The first kappa shape index (κ1) is 31.8. The van der Waals surface area contributed by atoms with Crippen LogP contribution in [0.1, 0.15) is 71.1 Å². The predicted octanol–water partition coefficient (Wildman–Crippen LogP) is 8.57. The van der Waals surface area contributed by atoms with Crippen molar-refractivity contribution in [1.82, 2.24) is 25.3 Å². The van der Waals surface area contributed by atoms with E-state index in [0.717, 1.165) is 49.2 Å². The normalized spacial score (nSPS) is 20.4. The Morgan fingerprint density at radius 3 is 2.67 bits per heavy atom. The Balaban J connectivity index is 1.41. The summed E-state index contributed by atoms with van der Waals surface area (Å²) in [5.74, 6) is 0.0749. The van der Waals surface area contributed by atoms with Crippen LogP contribution in [-0.4, -0.2) is 46.4 Å². The van der Waals surface area contributed by atoms with Crippen LogP contribution in [0.4, 0.5) is 4.39 Å². The Hall–Kier alpha value is -3.15. The molecular formula is C35H40ClFIN5O2. The summed E-state index contributed by atoms with van der Waals surface area (Å²) in [6, 6.07) is 7.74. The molecule has 3 aromatic heterocycles. The average Bonchev–Trinajstić information content (AvgIpc) is 3.55. The van der Waals surface area contributed by atoms with Crippen molar-refractivity contribution in [2.24, 2.45) is 5.92 Å². The molecule has 0 bridgehead atoms. The van der Waals surface area contributed by atoms with Crippen LogP contribution in [0.2, 0.25) is 5.02 Å². The zero-order valence-corrected chi connectivity index (χ0v) is 29.5. The molecule has 238 valence electrons. The molecule has 0 radical (unpaired) electrons. The molecule has 2 N–H and O–H groups in total. The number of allylic oxidation sites excluding steroid dienone is 4. The number of fused-ring (bicyclic) bond motifs is 1. The molecule has 0 spiro atoms. The molecular weight excluding hydrogens is 704 g/mol. The number of rotatable bonds is 9. The van der Waals surface area contributed by atoms with Crippen LogP contribution in [0, 0.1) is 30.3 Å². The Kier molecular flexibility index (Phi) is 8.41. The van der Waals surface area contributed by atoms with Gasteiger partial charge in [-0.15, -0.1) is 0 Å². The van der Waals surface area contributed by atoms with Gasteiger partial charge in [0.25, 0.3) is 0 Å². The number of nitrogens with one attached hydrogen (secondary N) is 2. The first-order valence-electron chi connectivity index (χ1n) is 15.2. The third-order valence-electron chi connectivity index (χ3n) is 9.24. The summed E-state index contributed by atoms with van der Waals surface area (Å²) in [4.78, 5) is 33.1. The van der Waals surface area contributed by atoms with E-state index < -0.39 is 23.6 Å². The van der Waals surface area contributed by atoms with Gasteiger partial charge in [-0.05, 0) is 6.92 Å². The monoisotopic (exact) mass is 743 g/mol. The summed E-state index contributed by atoms with van der Waals surface area (Å²) in [7, 11) is 0. The number of carbonyl (C=O) groups excluding carboxylic acids is 1. The van der Waals surface area contributed by atoms with E-state index in [1.165, 1.54) is 10.5 Å². The summed E-state index contributed by atoms with van der Waals surface area (Å²) in [6.45, 7) is 9.97. The molecule has 4 aromatic rings. The Bertz CT molecular complexity index is 1880. The maximum atomic E-state index is 14.0. The van der Waals surface area contributed by atoms with Gasteiger partial charge in [0.1, 0.15) is 0 Å². The van der Waals surface area contributed by atoms with Crippen LogP contribution in [-0.2, 0) is 3.07 Å². The number of H-pyrrole nitrogens is 1. The first-order valence-corrected chi connectivity index (χ1v) is 22.8. The van der Waals surface area contributed by atoms with Crippen molar-refractivity contribution in [2.75, 3.05) is 20.5 Å². The van der Waals surface area contributed by atoms with Gasteiger partial charge in [-0.3, -0.25) is 0 Å². The molecule has 1 amide bonds. The van der Waals surface area contributed by atoms with Crippen LogP contribution in [0.15, 0.2) is 54.8 Å². The topological polar surface area (TPSA) is 96.1 Å². The van der Waals surface area contributed by atoms with Crippen molar-refractivity contribution >= 4 is 46.0 Å². The van der Waals surface area contributed by atoms with E-state index in [4.69, 9.17) is 19.7 Å². The van der Waals surface area contributed by atoms with Gasteiger partial charge in [-0.1, -0.05) is 0 Å². The van der Waals surface area contributed by atoms with Crippen LogP contribution in [0.25, 0.3) is 22.3 Å². The van der Waals surface area contributed by atoms with Gasteiger partial charge in [0.2, 0.25) is 0 Å². The van der Waals surface area contributed by atoms with E-state index in [2.05, 4.69) is 69.4 Å². The van der Waals surface area contributed by atoms with Crippen molar-refractivity contribution in [2.45, 2.75) is 53.1 Å². The quantitative estimate of drug-likeness (QED) is 0.102. The number of pyridine rings is 2. The zero-order chi connectivity index (χ0) is 32.1. The standard InChI is InChI=1S/C35H40ClFIN5O2/c1-7-38(6,19-45-38)28-17-29(41-33(21(28)3)26-13-14-39-23(5)31(26)36)27(24-11-9-8-10-12-24)18-40-35(44)25-15-20(2)32-30(16-25)42-34(43-32)22(4)37/h8-11,13-17,22,24,27H,7,12,18-19H2,1-6H3,(H,40,44)(H,42,43). The molecule has 6 rings (SSSR count). The van der Waals surface area contributed by atoms with Gasteiger partial charge in [0.05, 0.1) is 0 Å². The van der Waals surface area contributed by atoms with Crippen molar-refractivity contribution in [3.63, 3.8) is 0 Å². The number of carbonyl (C=O) groups is 1. The third-order valence-corrected chi connectivity index (χ3v) is 21.5. The van der Waals surface area contributed by atoms with Gasteiger partial charge in [-0.2, -0.15) is 0 Å². The summed E-state index contributed by atoms with van der Waals surface area (Å²) < 4.78 is 23.5. The SMILES string of the molecule is CCI1(C)(c2cc(C(CNC(=O)c3cc(C)c4nc(C(C)F)[nH]c4c3)C3C=CC=CC3)nc(-c3ccnc(C)c3Cl)c2C)CO1. The number of aromatic amines is 1. The number of aromatic nitrogens is 4. The van der Waals surface area contributed by atoms with Gasteiger partial charge < -0.3 is 0 Å². The molecule has 10 heteroatoms. The second kappa shape index (κ2) is 11.9. The molecule has 1 saturated heterocycles. The Morgan fingerprint density at radius 1 is 1.22 bits per heavy atom. The van der Waals surface area contributed by atoms with Gasteiger partial charge >= 0.3 is 254 Å². The molecule has 1 aliphatic carbocycles. The van der Waals surface area contributed by atoms with Crippen LogP contribution in [0.3, 0.4) is 0 Å². The molecule has 45 heavy (non-hydrogen) atoms. The fraction of sp³-hybridized carbons (Fsp3) is 0.371. The van der Waals surface area contributed by atoms with Gasteiger partial charge in [-0.25, -0.2) is 4.39 Å². The van der Waals surface area contributed by atoms with Crippen LogP contribution < -0.4 is 5.32 Å². The number of alkyl halides is 4. The van der Waals surface area contributed by atoms with E-state index in [-0.39, 0.29) is 23.6 Å². The van der Waals surface area contributed by atoms with E-state index in [1.807, 2.05) is 19.9 Å².